The molecule has 0 radical (unpaired) electrons. The van der Waals surface area contributed by atoms with Crippen molar-refractivity contribution in [3.05, 3.63) is 48.0 Å². The Hall–Kier alpha value is -2.17. The zero-order valence-electron chi connectivity index (χ0n) is 16.3. The van der Waals surface area contributed by atoms with Crippen molar-refractivity contribution in [1.82, 2.24) is 9.47 Å². The molecule has 1 saturated heterocycles. The molecule has 1 aromatic heterocycles. The number of aromatic nitrogens is 1. The van der Waals surface area contributed by atoms with Gasteiger partial charge in [-0.25, -0.2) is 0 Å². The number of piperidine rings is 1. The van der Waals surface area contributed by atoms with Crippen molar-refractivity contribution in [3.8, 4) is 0 Å². The fourth-order valence-corrected chi connectivity index (χ4v) is 4.33. The monoisotopic (exact) mass is 364 g/mol. The number of benzene rings is 2. The number of carbonyl (C=O) groups excluding carboxylic acids is 1. The van der Waals surface area contributed by atoms with Crippen LogP contribution >= 0.6 is 0 Å². The van der Waals surface area contributed by atoms with Crippen molar-refractivity contribution in [2.45, 2.75) is 38.8 Å². The third-order valence-corrected chi connectivity index (χ3v) is 5.90. The highest BCUT2D eigenvalue weighted by Crippen LogP contribution is 2.30. The number of ketones is 1. The first-order chi connectivity index (χ1) is 13.2. The summed E-state index contributed by atoms with van der Waals surface area (Å²) >= 11 is 0. The van der Waals surface area contributed by atoms with Crippen LogP contribution in [-0.4, -0.2) is 48.1 Å². The van der Waals surface area contributed by atoms with Crippen LogP contribution in [0.2, 0.25) is 0 Å². The van der Waals surface area contributed by atoms with Crippen LogP contribution in [0.5, 0.6) is 0 Å². The van der Waals surface area contributed by atoms with Crippen LogP contribution in [-0.2, 0) is 11.3 Å². The topological polar surface area (TPSA) is 34.5 Å². The fourth-order valence-electron chi connectivity index (χ4n) is 4.33. The highest BCUT2D eigenvalue weighted by molar-refractivity contribution is 6.10. The van der Waals surface area contributed by atoms with Crippen molar-refractivity contribution < 1.29 is 9.53 Å². The Morgan fingerprint density at radius 3 is 2.52 bits per heavy atom. The van der Waals surface area contributed by atoms with Crippen LogP contribution in [0.3, 0.4) is 0 Å². The second-order valence-corrected chi connectivity index (χ2v) is 7.59. The minimum Gasteiger partial charge on any atom is -0.381 e. The second-order valence-electron chi connectivity index (χ2n) is 7.59. The standard InChI is InChI=1S/C23H28N2O2/c1-17(26)18-8-9-21-20-6-3-4-7-22(20)25(23(21)16-18)13-5-12-24-14-10-19(27-2)11-15-24/h3-4,6-9,16,19H,5,10-15H2,1-2H3. The molecule has 1 fully saturated rings. The summed E-state index contributed by atoms with van der Waals surface area (Å²) in [5.74, 6) is 0.120. The quantitative estimate of drug-likeness (QED) is 0.604. The highest BCUT2D eigenvalue weighted by Gasteiger charge is 2.18. The molecule has 0 aliphatic carbocycles. The Morgan fingerprint density at radius 1 is 1.04 bits per heavy atom. The number of para-hydroxylation sites is 1. The molecule has 0 amide bonds. The van der Waals surface area contributed by atoms with E-state index >= 15 is 0 Å². The number of methoxy groups -OCH3 is 1. The summed E-state index contributed by atoms with van der Waals surface area (Å²) in [5.41, 5.74) is 3.21. The van der Waals surface area contributed by atoms with E-state index in [0.717, 1.165) is 51.0 Å². The lowest BCUT2D eigenvalue weighted by Gasteiger charge is -2.31. The number of carbonyl (C=O) groups is 1. The predicted octanol–water partition coefficient (Wildman–Crippen LogP) is 4.50. The Balaban J connectivity index is 1.56. The number of Topliss-reactive ketones (excluding diaryl/α,β-unsaturated/α-hetero) is 1. The van der Waals surface area contributed by atoms with Gasteiger partial charge in [0.25, 0.3) is 0 Å². The summed E-state index contributed by atoms with van der Waals surface area (Å²) in [6.45, 7) is 5.96. The zero-order chi connectivity index (χ0) is 18.8. The number of aryl methyl sites for hydroxylation is 1. The van der Waals surface area contributed by atoms with Crippen LogP contribution in [0.25, 0.3) is 21.8 Å². The van der Waals surface area contributed by atoms with Gasteiger partial charge in [-0.1, -0.05) is 30.3 Å². The average molecular weight is 364 g/mol. The number of hydrogen-bond donors (Lipinski definition) is 0. The minimum atomic E-state index is 0.120. The van der Waals surface area contributed by atoms with Gasteiger partial charge in [-0.05, 0) is 44.9 Å². The molecule has 0 spiro atoms. The second kappa shape index (κ2) is 7.83. The predicted molar refractivity (Wildman–Crippen MR) is 111 cm³/mol. The number of fused-ring (bicyclic) bond motifs is 3. The molecule has 1 aliphatic heterocycles. The summed E-state index contributed by atoms with van der Waals surface area (Å²) in [6.07, 6.45) is 3.81. The maximum absolute atomic E-state index is 11.9. The van der Waals surface area contributed by atoms with E-state index in [-0.39, 0.29) is 5.78 Å². The summed E-state index contributed by atoms with van der Waals surface area (Å²) in [4.78, 5) is 14.4. The van der Waals surface area contributed by atoms with Gasteiger partial charge in [-0.3, -0.25) is 4.79 Å². The lowest BCUT2D eigenvalue weighted by molar-refractivity contribution is 0.0406. The first-order valence-corrected chi connectivity index (χ1v) is 9.94. The van der Waals surface area contributed by atoms with Gasteiger partial charge in [0.15, 0.2) is 5.78 Å². The summed E-state index contributed by atoms with van der Waals surface area (Å²) in [5, 5.41) is 2.50. The maximum Gasteiger partial charge on any atom is 0.159 e. The van der Waals surface area contributed by atoms with Gasteiger partial charge in [0.1, 0.15) is 0 Å². The van der Waals surface area contributed by atoms with Crippen molar-refractivity contribution >= 4 is 27.6 Å². The van der Waals surface area contributed by atoms with Gasteiger partial charge in [0.05, 0.1) is 6.10 Å². The Kier molecular flexibility index (Phi) is 5.28. The Morgan fingerprint density at radius 2 is 1.78 bits per heavy atom. The molecule has 0 bridgehead atoms. The summed E-state index contributed by atoms with van der Waals surface area (Å²) in [7, 11) is 1.82. The molecular formula is C23H28N2O2. The van der Waals surface area contributed by atoms with Gasteiger partial charge in [0, 0.05) is 54.1 Å². The molecule has 142 valence electrons. The van der Waals surface area contributed by atoms with Crippen LogP contribution in [0.15, 0.2) is 42.5 Å². The van der Waals surface area contributed by atoms with Crippen LogP contribution in [0, 0.1) is 0 Å². The molecule has 2 heterocycles. The molecule has 27 heavy (non-hydrogen) atoms. The Labute approximate surface area is 160 Å². The molecule has 0 atom stereocenters. The van der Waals surface area contributed by atoms with Gasteiger partial charge < -0.3 is 14.2 Å². The lowest BCUT2D eigenvalue weighted by atomic mass is 10.1. The average Bonchev–Trinajstić information content (AvgIpc) is 3.02. The van der Waals surface area contributed by atoms with E-state index in [1.807, 2.05) is 13.2 Å². The maximum atomic E-state index is 11.9. The highest BCUT2D eigenvalue weighted by atomic mass is 16.5. The Bertz CT molecular complexity index is 952. The number of nitrogens with zero attached hydrogens (tertiary/aromatic N) is 2. The summed E-state index contributed by atoms with van der Waals surface area (Å²) < 4.78 is 7.86. The molecule has 1 aliphatic rings. The van der Waals surface area contributed by atoms with E-state index in [9.17, 15) is 4.79 Å². The van der Waals surface area contributed by atoms with Crippen molar-refractivity contribution in [1.29, 1.82) is 0 Å². The fraction of sp³-hybridized carbons (Fsp3) is 0.435. The number of likely N-dealkylation sites (tertiary alicyclic amines) is 1. The van der Waals surface area contributed by atoms with Crippen LogP contribution in [0.4, 0.5) is 0 Å². The molecule has 0 saturated carbocycles. The molecule has 0 unspecified atom stereocenters. The first kappa shape index (κ1) is 18.2. The van der Waals surface area contributed by atoms with Gasteiger partial charge in [-0.15, -0.1) is 0 Å². The van der Waals surface area contributed by atoms with E-state index < -0.39 is 0 Å². The molecular weight excluding hydrogens is 336 g/mol. The minimum absolute atomic E-state index is 0.120. The third-order valence-electron chi connectivity index (χ3n) is 5.90. The summed E-state index contributed by atoms with van der Waals surface area (Å²) in [6, 6.07) is 14.7. The van der Waals surface area contributed by atoms with Crippen LogP contribution < -0.4 is 0 Å². The molecule has 4 heteroatoms. The van der Waals surface area contributed by atoms with E-state index in [1.165, 1.54) is 21.8 Å². The number of ether oxygens (including phenoxy) is 1. The van der Waals surface area contributed by atoms with Gasteiger partial charge >= 0.3 is 0 Å². The SMILES string of the molecule is COC1CCN(CCCn2c3ccccc3c3ccc(C(C)=O)cc32)CC1. The molecule has 3 aromatic rings. The molecule has 2 aromatic carbocycles. The smallest absolute Gasteiger partial charge is 0.159 e. The molecule has 0 N–H and O–H groups in total. The van der Waals surface area contributed by atoms with Crippen LogP contribution in [0.1, 0.15) is 36.5 Å². The number of hydrogen-bond acceptors (Lipinski definition) is 3. The third kappa shape index (κ3) is 3.64. The lowest BCUT2D eigenvalue weighted by Crippen LogP contribution is -2.37. The first-order valence-electron chi connectivity index (χ1n) is 9.94. The number of rotatable bonds is 6. The van der Waals surface area contributed by atoms with Gasteiger partial charge in [-0.2, -0.15) is 0 Å². The van der Waals surface area contributed by atoms with Crippen molar-refractivity contribution in [2.75, 3.05) is 26.7 Å². The van der Waals surface area contributed by atoms with Gasteiger partial charge in [0.2, 0.25) is 0 Å². The van der Waals surface area contributed by atoms with E-state index in [4.69, 9.17) is 4.74 Å². The van der Waals surface area contributed by atoms with E-state index in [2.05, 4.69) is 45.9 Å². The van der Waals surface area contributed by atoms with Crippen molar-refractivity contribution in [3.63, 3.8) is 0 Å². The molecule has 4 nitrogen and oxygen atoms in total. The van der Waals surface area contributed by atoms with E-state index in [1.54, 1.807) is 6.92 Å². The van der Waals surface area contributed by atoms with E-state index in [0.29, 0.717) is 6.10 Å². The van der Waals surface area contributed by atoms with Crippen molar-refractivity contribution in [2.24, 2.45) is 0 Å². The molecule has 4 rings (SSSR count). The zero-order valence-corrected chi connectivity index (χ0v) is 16.3. The largest absolute Gasteiger partial charge is 0.381 e. The normalized spacial score (nSPS) is 16.4.